The zero-order valence-electron chi connectivity index (χ0n) is 18.6. The normalized spacial score (nSPS) is 12.7. The Bertz CT molecular complexity index is 1400. The van der Waals surface area contributed by atoms with Crippen molar-refractivity contribution in [2.75, 3.05) is 19.8 Å². The van der Waals surface area contributed by atoms with Crippen molar-refractivity contribution in [1.82, 2.24) is 14.0 Å². The maximum Gasteiger partial charge on any atom is 0.359 e. The molecule has 4 heterocycles. The number of pyridine rings is 1. The van der Waals surface area contributed by atoms with Gasteiger partial charge in [-0.3, -0.25) is 4.79 Å². The lowest BCUT2D eigenvalue weighted by Gasteiger charge is -2.20. The van der Waals surface area contributed by atoms with E-state index < -0.39 is 5.97 Å². The molecule has 168 valence electrons. The fourth-order valence-corrected chi connectivity index (χ4v) is 4.08. The van der Waals surface area contributed by atoms with E-state index in [1.807, 2.05) is 61.9 Å². The predicted octanol–water partition coefficient (Wildman–Crippen LogP) is 3.86. The zero-order chi connectivity index (χ0) is 23.1. The molecule has 0 fully saturated rings. The van der Waals surface area contributed by atoms with Crippen molar-refractivity contribution in [1.29, 1.82) is 0 Å². The Morgan fingerprint density at radius 2 is 1.82 bits per heavy atom. The SMILES string of the molecule is Cc1ccn2cc(C(=O)OCC(=O)c3cc(C)n(-c4ccc5c(c4)OCCO5)c3C)nc2c1. The van der Waals surface area contributed by atoms with E-state index in [2.05, 4.69) is 4.98 Å². The van der Waals surface area contributed by atoms with Crippen molar-refractivity contribution in [2.45, 2.75) is 20.8 Å². The lowest BCUT2D eigenvalue weighted by atomic mass is 10.1. The van der Waals surface area contributed by atoms with Crippen LogP contribution in [0, 0.1) is 20.8 Å². The van der Waals surface area contributed by atoms with E-state index in [1.165, 1.54) is 0 Å². The standard InChI is InChI=1S/C25H23N3O5/c1-15-6-7-27-13-20(26-24(27)10-15)25(30)33-14-21(29)19-11-16(2)28(17(19)3)18-4-5-22-23(12-18)32-9-8-31-22/h4-7,10-13H,8-9,14H2,1-3H3. The Morgan fingerprint density at radius 1 is 1.03 bits per heavy atom. The first kappa shape index (κ1) is 20.8. The molecule has 1 aliphatic rings. The summed E-state index contributed by atoms with van der Waals surface area (Å²) in [6.45, 7) is 6.40. The Hall–Kier alpha value is -4.07. The topological polar surface area (TPSA) is 84.1 Å². The van der Waals surface area contributed by atoms with Gasteiger partial charge in [0.05, 0.1) is 0 Å². The summed E-state index contributed by atoms with van der Waals surface area (Å²) in [6.07, 6.45) is 3.42. The van der Waals surface area contributed by atoms with Gasteiger partial charge in [0.15, 0.2) is 23.8 Å². The Labute approximate surface area is 190 Å². The minimum absolute atomic E-state index is 0.162. The molecule has 0 spiro atoms. The van der Waals surface area contributed by atoms with Crippen LogP contribution in [0.15, 0.2) is 48.8 Å². The highest BCUT2D eigenvalue weighted by atomic mass is 16.6. The van der Waals surface area contributed by atoms with Crippen LogP contribution in [0.5, 0.6) is 11.5 Å². The van der Waals surface area contributed by atoms with E-state index in [9.17, 15) is 9.59 Å². The van der Waals surface area contributed by atoms with Gasteiger partial charge in [0.25, 0.3) is 0 Å². The summed E-state index contributed by atoms with van der Waals surface area (Å²) in [6, 6.07) is 11.3. The van der Waals surface area contributed by atoms with Gasteiger partial charge in [0, 0.05) is 41.1 Å². The van der Waals surface area contributed by atoms with Crippen LogP contribution in [-0.4, -0.2) is 45.5 Å². The number of imidazole rings is 1. The fourth-order valence-electron chi connectivity index (χ4n) is 4.08. The van der Waals surface area contributed by atoms with Crippen molar-refractivity contribution in [3.63, 3.8) is 0 Å². The number of fused-ring (bicyclic) bond motifs is 2. The first-order chi connectivity index (χ1) is 15.9. The molecule has 8 nitrogen and oxygen atoms in total. The van der Waals surface area contributed by atoms with Gasteiger partial charge < -0.3 is 23.2 Å². The number of aryl methyl sites for hydroxylation is 2. The summed E-state index contributed by atoms with van der Waals surface area (Å²) in [5.74, 6) is 0.471. The van der Waals surface area contributed by atoms with E-state index in [0.717, 1.165) is 22.6 Å². The average molecular weight is 445 g/mol. The minimum atomic E-state index is -0.634. The van der Waals surface area contributed by atoms with E-state index >= 15 is 0 Å². The van der Waals surface area contributed by atoms with Crippen LogP contribution >= 0.6 is 0 Å². The quantitative estimate of drug-likeness (QED) is 0.343. The number of hydrogen-bond acceptors (Lipinski definition) is 6. The molecule has 33 heavy (non-hydrogen) atoms. The van der Waals surface area contributed by atoms with Gasteiger partial charge in [-0.15, -0.1) is 0 Å². The number of nitrogens with zero attached hydrogens (tertiary/aromatic N) is 3. The number of esters is 1. The van der Waals surface area contributed by atoms with E-state index in [0.29, 0.717) is 35.9 Å². The second-order valence-electron chi connectivity index (χ2n) is 8.04. The molecule has 0 bridgehead atoms. The maximum atomic E-state index is 12.9. The lowest BCUT2D eigenvalue weighted by molar-refractivity contribution is 0.0469. The van der Waals surface area contributed by atoms with Crippen molar-refractivity contribution < 1.29 is 23.8 Å². The number of benzene rings is 1. The first-order valence-electron chi connectivity index (χ1n) is 10.7. The van der Waals surface area contributed by atoms with Crippen LogP contribution in [0.2, 0.25) is 0 Å². The zero-order valence-corrected chi connectivity index (χ0v) is 18.6. The van der Waals surface area contributed by atoms with E-state index in [1.54, 1.807) is 16.7 Å². The second-order valence-corrected chi connectivity index (χ2v) is 8.04. The predicted molar refractivity (Wildman–Crippen MR) is 121 cm³/mol. The third-order valence-corrected chi connectivity index (χ3v) is 5.67. The molecule has 8 heteroatoms. The van der Waals surface area contributed by atoms with Crippen LogP contribution < -0.4 is 9.47 Å². The number of ketones is 1. The summed E-state index contributed by atoms with van der Waals surface area (Å²) in [4.78, 5) is 29.6. The summed E-state index contributed by atoms with van der Waals surface area (Å²) in [5, 5.41) is 0. The van der Waals surface area contributed by atoms with Crippen LogP contribution in [-0.2, 0) is 4.74 Å². The number of Topliss-reactive ketones (excluding diaryl/α,β-unsaturated/α-hetero) is 1. The Balaban J connectivity index is 1.33. The number of ether oxygens (including phenoxy) is 3. The summed E-state index contributed by atoms with van der Waals surface area (Å²) < 4.78 is 20.3. The minimum Gasteiger partial charge on any atom is -0.486 e. The molecule has 1 aromatic carbocycles. The molecular formula is C25H23N3O5. The molecule has 0 N–H and O–H groups in total. The number of carbonyl (C=O) groups is 2. The van der Waals surface area contributed by atoms with E-state index in [4.69, 9.17) is 14.2 Å². The molecule has 0 saturated carbocycles. The van der Waals surface area contributed by atoms with Gasteiger partial charge in [0.1, 0.15) is 18.9 Å². The van der Waals surface area contributed by atoms with Crippen molar-refractivity contribution >= 4 is 17.4 Å². The highest BCUT2D eigenvalue weighted by molar-refractivity contribution is 6.00. The molecule has 0 atom stereocenters. The number of hydrogen-bond donors (Lipinski definition) is 0. The molecule has 0 aliphatic carbocycles. The molecule has 0 radical (unpaired) electrons. The van der Waals surface area contributed by atoms with Crippen LogP contribution in [0.4, 0.5) is 0 Å². The van der Waals surface area contributed by atoms with Gasteiger partial charge in [-0.25, -0.2) is 9.78 Å². The molecule has 1 aliphatic heterocycles. The maximum absolute atomic E-state index is 12.9. The molecular weight excluding hydrogens is 422 g/mol. The molecule has 5 rings (SSSR count). The third kappa shape index (κ3) is 3.84. The second kappa shape index (κ2) is 8.12. The monoisotopic (exact) mass is 445 g/mol. The van der Waals surface area contributed by atoms with E-state index in [-0.39, 0.29) is 18.1 Å². The summed E-state index contributed by atoms with van der Waals surface area (Å²) >= 11 is 0. The van der Waals surface area contributed by atoms with Crippen molar-refractivity contribution in [3.05, 3.63) is 77.0 Å². The van der Waals surface area contributed by atoms with Crippen LogP contribution in [0.25, 0.3) is 11.3 Å². The summed E-state index contributed by atoms with van der Waals surface area (Å²) in [5.41, 5.74) is 4.86. The number of carbonyl (C=O) groups excluding carboxylic acids is 2. The van der Waals surface area contributed by atoms with Gasteiger partial charge in [-0.05, 0) is 56.7 Å². The number of aromatic nitrogens is 3. The number of rotatable bonds is 5. The van der Waals surface area contributed by atoms with Crippen LogP contribution in [0.3, 0.4) is 0 Å². The molecule has 0 saturated heterocycles. The molecule has 0 unspecified atom stereocenters. The largest absolute Gasteiger partial charge is 0.486 e. The molecule has 0 amide bonds. The van der Waals surface area contributed by atoms with Crippen molar-refractivity contribution in [3.8, 4) is 17.2 Å². The van der Waals surface area contributed by atoms with Gasteiger partial charge in [0.2, 0.25) is 5.78 Å². The fraction of sp³-hybridized carbons (Fsp3) is 0.240. The lowest BCUT2D eigenvalue weighted by Crippen LogP contribution is -2.16. The Morgan fingerprint density at radius 3 is 2.64 bits per heavy atom. The van der Waals surface area contributed by atoms with Crippen molar-refractivity contribution in [2.24, 2.45) is 0 Å². The molecule has 3 aromatic heterocycles. The van der Waals surface area contributed by atoms with Crippen LogP contribution in [0.1, 0.15) is 37.8 Å². The highest BCUT2D eigenvalue weighted by Crippen LogP contribution is 2.33. The summed E-state index contributed by atoms with van der Waals surface area (Å²) in [7, 11) is 0. The Kier molecular flexibility index (Phi) is 5.12. The van der Waals surface area contributed by atoms with Gasteiger partial charge in [-0.1, -0.05) is 0 Å². The highest BCUT2D eigenvalue weighted by Gasteiger charge is 2.21. The average Bonchev–Trinajstić information content (AvgIpc) is 3.36. The molecule has 4 aromatic rings. The smallest absolute Gasteiger partial charge is 0.359 e. The van der Waals surface area contributed by atoms with Gasteiger partial charge in [-0.2, -0.15) is 0 Å². The third-order valence-electron chi connectivity index (χ3n) is 5.67. The first-order valence-corrected chi connectivity index (χ1v) is 10.7. The van der Waals surface area contributed by atoms with Gasteiger partial charge >= 0.3 is 5.97 Å².